The quantitative estimate of drug-likeness (QED) is 0.884. The number of nitrogens with two attached hydrogens (primary N) is 1. The van der Waals surface area contributed by atoms with E-state index in [0.717, 1.165) is 18.5 Å². The van der Waals surface area contributed by atoms with Gasteiger partial charge in [0.2, 0.25) is 5.91 Å². The molecule has 1 aromatic carbocycles. The van der Waals surface area contributed by atoms with E-state index in [1.165, 1.54) is 6.42 Å². The Bertz CT molecular complexity index is 457. The average molecular weight is 274 g/mol. The van der Waals surface area contributed by atoms with E-state index in [1.807, 2.05) is 30.3 Å². The third kappa shape index (κ3) is 2.82. The van der Waals surface area contributed by atoms with Gasteiger partial charge in [0, 0.05) is 5.69 Å². The lowest BCUT2D eigenvalue weighted by Crippen LogP contribution is -2.60. The summed E-state index contributed by atoms with van der Waals surface area (Å²) in [5, 5.41) is 3.48. The molecule has 1 aromatic rings. The first-order valence-electron chi connectivity index (χ1n) is 7.59. The van der Waals surface area contributed by atoms with E-state index in [0.29, 0.717) is 11.8 Å². The smallest absolute Gasteiger partial charge is 0.243 e. The number of primary amides is 1. The maximum absolute atomic E-state index is 12.3. The molecule has 3 nitrogen and oxygen atoms in total. The first-order valence-corrected chi connectivity index (χ1v) is 7.59. The summed E-state index contributed by atoms with van der Waals surface area (Å²) in [5.74, 6) is 1.03. The van der Waals surface area contributed by atoms with Gasteiger partial charge in [-0.15, -0.1) is 0 Å². The van der Waals surface area contributed by atoms with Crippen LogP contribution in [0.3, 0.4) is 0 Å². The van der Waals surface area contributed by atoms with Crippen LogP contribution in [0.15, 0.2) is 30.3 Å². The highest BCUT2D eigenvalue weighted by Crippen LogP contribution is 2.42. The maximum Gasteiger partial charge on any atom is 0.243 e. The number of anilines is 1. The largest absolute Gasteiger partial charge is 0.371 e. The van der Waals surface area contributed by atoms with Crippen molar-refractivity contribution in [3.63, 3.8) is 0 Å². The average Bonchev–Trinajstić information content (AvgIpc) is 2.39. The van der Waals surface area contributed by atoms with Crippen LogP contribution in [-0.2, 0) is 4.79 Å². The van der Waals surface area contributed by atoms with Gasteiger partial charge in [0.25, 0.3) is 0 Å². The van der Waals surface area contributed by atoms with Gasteiger partial charge >= 0.3 is 0 Å². The third-order valence-electron chi connectivity index (χ3n) is 4.66. The molecular weight excluding hydrogens is 248 g/mol. The second-order valence-corrected chi connectivity index (χ2v) is 6.56. The molecule has 1 amide bonds. The Morgan fingerprint density at radius 1 is 1.30 bits per heavy atom. The molecule has 0 bridgehead atoms. The lowest BCUT2D eigenvalue weighted by molar-refractivity contribution is -0.126. The van der Waals surface area contributed by atoms with Crippen molar-refractivity contribution in [1.82, 2.24) is 0 Å². The summed E-state index contributed by atoms with van der Waals surface area (Å²) in [6.45, 7) is 6.58. The molecule has 1 aliphatic carbocycles. The number of benzene rings is 1. The zero-order chi connectivity index (χ0) is 14.8. The van der Waals surface area contributed by atoms with E-state index in [1.54, 1.807) is 0 Å². The maximum atomic E-state index is 12.3. The second-order valence-electron chi connectivity index (χ2n) is 6.56. The molecule has 0 spiro atoms. The molecule has 110 valence electrons. The summed E-state index contributed by atoms with van der Waals surface area (Å²) in [6.07, 6.45) is 3.05. The molecule has 3 heteroatoms. The molecule has 2 rings (SSSR count). The fourth-order valence-electron chi connectivity index (χ4n) is 3.68. The number of nitrogens with one attached hydrogen (secondary N) is 1. The zero-order valence-electron chi connectivity index (χ0n) is 12.7. The molecule has 1 fully saturated rings. The monoisotopic (exact) mass is 274 g/mol. The standard InChI is InChI=1S/C17H26N2O/c1-12(2)15-10-9-13(3)11-17(15,16(18)20)19-14-7-5-4-6-8-14/h4-8,12-13,15,19H,9-11H2,1-3H3,(H2,18,20). The summed E-state index contributed by atoms with van der Waals surface area (Å²) in [7, 11) is 0. The number of carbonyl (C=O) groups is 1. The third-order valence-corrected chi connectivity index (χ3v) is 4.66. The Morgan fingerprint density at radius 3 is 2.50 bits per heavy atom. The first-order chi connectivity index (χ1) is 9.45. The van der Waals surface area contributed by atoms with E-state index in [4.69, 9.17) is 5.73 Å². The lowest BCUT2D eigenvalue weighted by Gasteiger charge is -2.47. The van der Waals surface area contributed by atoms with Crippen molar-refractivity contribution in [2.75, 3.05) is 5.32 Å². The highest BCUT2D eigenvalue weighted by atomic mass is 16.1. The van der Waals surface area contributed by atoms with Crippen LogP contribution >= 0.6 is 0 Å². The number of carbonyl (C=O) groups excluding carboxylic acids is 1. The van der Waals surface area contributed by atoms with Crippen LogP contribution < -0.4 is 11.1 Å². The Labute approximate surface area is 121 Å². The molecule has 1 aliphatic rings. The minimum atomic E-state index is -0.618. The number of para-hydroxylation sites is 1. The molecule has 3 unspecified atom stereocenters. The van der Waals surface area contributed by atoms with Gasteiger partial charge in [-0.1, -0.05) is 45.4 Å². The predicted molar refractivity (Wildman–Crippen MR) is 83.3 cm³/mol. The van der Waals surface area contributed by atoms with Gasteiger partial charge in [-0.05, 0) is 42.7 Å². The summed E-state index contributed by atoms with van der Waals surface area (Å²) in [5.41, 5.74) is 6.20. The normalized spacial score (nSPS) is 30.2. The van der Waals surface area contributed by atoms with Crippen molar-refractivity contribution in [3.8, 4) is 0 Å². The Hall–Kier alpha value is -1.51. The highest BCUT2D eigenvalue weighted by molar-refractivity contribution is 5.88. The molecule has 0 radical (unpaired) electrons. The van der Waals surface area contributed by atoms with Crippen LogP contribution in [0.2, 0.25) is 0 Å². The van der Waals surface area contributed by atoms with Crippen LogP contribution in [0.25, 0.3) is 0 Å². The van der Waals surface area contributed by atoms with Gasteiger partial charge in [0.15, 0.2) is 0 Å². The zero-order valence-corrected chi connectivity index (χ0v) is 12.7. The fourth-order valence-corrected chi connectivity index (χ4v) is 3.68. The van der Waals surface area contributed by atoms with Gasteiger partial charge in [-0.25, -0.2) is 0 Å². The Balaban J connectivity index is 2.37. The molecule has 0 saturated heterocycles. The van der Waals surface area contributed by atoms with E-state index in [-0.39, 0.29) is 11.8 Å². The van der Waals surface area contributed by atoms with Crippen molar-refractivity contribution < 1.29 is 4.79 Å². The molecule has 20 heavy (non-hydrogen) atoms. The number of hydrogen-bond acceptors (Lipinski definition) is 2. The molecular formula is C17H26N2O. The first kappa shape index (κ1) is 14.9. The van der Waals surface area contributed by atoms with Crippen molar-refractivity contribution in [2.24, 2.45) is 23.5 Å². The molecule has 1 saturated carbocycles. The topological polar surface area (TPSA) is 55.1 Å². The highest BCUT2D eigenvalue weighted by Gasteiger charge is 2.48. The summed E-state index contributed by atoms with van der Waals surface area (Å²) in [4.78, 5) is 12.3. The van der Waals surface area contributed by atoms with Crippen LogP contribution in [0.5, 0.6) is 0 Å². The van der Waals surface area contributed by atoms with E-state index in [2.05, 4.69) is 26.1 Å². The van der Waals surface area contributed by atoms with Crippen LogP contribution in [0.4, 0.5) is 5.69 Å². The second kappa shape index (κ2) is 5.86. The molecule has 0 aromatic heterocycles. The SMILES string of the molecule is CC1CCC(C(C)C)C(Nc2ccccc2)(C(N)=O)C1. The lowest BCUT2D eigenvalue weighted by atomic mass is 9.64. The van der Waals surface area contributed by atoms with Crippen molar-refractivity contribution in [3.05, 3.63) is 30.3 Å². The van der Waals surface area contributed by atoms with Gasteiger partial charge in [0.1, 0.15) is 5.54 Å². The van der Waals surface area contributed by atoms with Gasteiger partial charge in [-0.3, -0.25) is 4.79 Å². The Morgan fingerprint density at radius 2 is 1.95 bits per heavy atom. The van der Waals surface area contributed by atoms with Crippen LogP contribution in [0.1, 0.15) is 40.0 Å². The molecule has 0 heterocycles. The number of amides is 1. The number of hydrogen-bond donors (Lipinski definition) is 2. The fraction of sp³-hybridized carbons (Fsp3) is 0.588. The summed E-state index contributed by atoms with van der Waals surface area (Å²) < 4.78 is 0. The van der Waals surface area contributed by atoms with Crippen LogP contribution in [-0.4, -0.2) is 11.4 Å². The number of rotatable bonds is 4. The predicted octanol–water partition coefficient (Wildman–Crippen LogP) is 3.41. The Kier molecular flexibility index (Phi) is 4.36. The van der Waals surface area contributed by atoms with Crippen molar-refractivity contribution in [1.29, 1.82) is 0 Å². The molecule has 0 aliphatic heterocycles. The van der Waals surface area contributed by atoms with Gasteiger partial charge < -0.3 is 11.1 Å². The minimum absolute atomic E-state index is 0.216. The van der Waals surface area contributed by atoms with E-state index in [9.17, 15) is 4.79 Å². The van der Waals surface area contributed by atoms with E-state index < -0.39 is 5.54 Å². The molecule has 3 atom stereocenters. The van der Waals surface area contributed by atoms with Crippen molar-refractivity contribution in [2.45, 2.75) is 45.6 Å². The van der Waals surface area contributed by atoms with E-state index >= 15 is 0 Å². The molecule has 3 N–H and O–H groups in total. The van der Waals surface area contributed by atoms with Crippen molar-refractivity contribution >= 4 is 11.6 Å². The van der Waals surface area contributed by atoms with Gasteiger partial charge in [-0.2, -0.15) is 0 Å². The summed E-state index contributed by atoms with van der Waals surface area (Å²) in [6, 6.07) is 9.94. The van der Waals surface area contributed by atoms with Crippen LogP contribution in [0, 0.1) is 17.8 Å². The minimum Gasteiger partial charge on any atom is -0.371 e. The van der Waals surface area contributed by atoms with Gasteiger partial charge in [0.05, 0.1) is 0 Å². The summed E-state index contributed by atoms with van der Waals surface area (Å²) >= 11 is 0.